The largest absolute Gasteiger partial charge is 0.416 e. The molecule has 3 aromatic rings. The van der Waals surface area contributed by atoms with Crippen molar-refractivity contribution in [1.29, 1.82) is 0 Å². The van der Waals surface area contributed by atoms with Gasteiger partial charge in [-0.1, -0.05) is 28.9 Å². The standard InChI is InChI=1S/C21H18ClF3N4O2/c22-16-5-1-3-13(11-16)18-27-19(31-28-18)14-4-2-10-29(12-14)20(30)26-17-8-6-15(7-9-17)21(23,24)25/h1,3,5-9,11,14H,2,4,10,12H2,(H,26,30). The molecule has 31 heavy (non-hydrogen) atoms. The van der Waals surface area contributed by atoms with Crippen molar-refractivity contribution in [1.82, 2.24) is 15.0 Å². The molecular formula is C21H18ClF3N4O2. The molecule has 1 atom stereocenters. The van der Waals surface area contributed by atoms with Crippen LogP contribution in [-0.2, 0) is 6.18 Å². The number of amides is 2. The summed E-state index contributed by atoms with van der Waals surface area (Å²) in [5.41, 5.74) is 0.256. The van der Waals surface area contributed by atoms with Crippen LogP contribution in [0.4, 0.5) is 23.7 Å². The number of carbonyl (C=O) groups excluding carboxylic acids is 1. The van der Waals surface area contributed by atoms with Crippen molar-refractivity contribution in [3.8, 4) is 11.4 Å². The predicted octanol–water partition coefficient (Wildman–Crippen LogP) is 5.82. The van der Waals surface area contributed by atoms with Gasteiger partial charge in [0.1, 0.15) is 0 Å². The van der Waals surface area contributed by atoms with E-state index in [1.54, 1.807) is 23.1 Å². The average Bonchev–Trinajstić information content (AvgIpc) is 3.24. The molecule has 2 aromatic carbocycles. The predicted molar refractivity (Wildman–Crippen MR) is 109 cm³/mol. The molecule has 1 aliphatic rings. The maximum absolute atomic E-state index is 12.7. The highest BCUT2D eigenvalue weighted by atomic mass is 35.5. The van der Waals surface area contributed by atoms with Gasteiger partial charge in [-0.25, -0.2) is 4.79 Å². The second-order valence-corrected chi connectivity index (χ2v) is 7.69. The summed E-state index contributed by atoms with van der Waals surface area (Å²) in [5, 5.41) is 7.21. The van der Waals surface area contributed by atoms with E-state index >= 15 is 0 Å². The van der Waals surface area contributed by atoms with Crippen LogP contribution in [0.15, 0.2) is 53.1 Å². The smallest absolute Gasteiger partial charge is 0.339 e. The number of urea groups is 1. The Hall–Kier alpha value is -3.07. The first kappa shape index (κ1) is 21.2. The van der Waals surface area contributed by atoms with Crippen LogP contribution in [0.25, 0.3) is 11.4 Å². The number of benzene rings is 2. The summed E-state index contributed by atoms with van der Waals surface area (Å²) in [6, 6.07) is 11.1. The number of hydrogen-bond acceptors (Lipinski definition) is 4. The van der Waals surface area contributed by atoms with Gasteiger partial charge in [0.05, 0.1) is 11.5 Å². The van der Waals surface area contributed by atoms with E-state index in [-0.39, 0.29) is 11.9 Å². The molecule has 162 valence electrons. The first-order valence-corrected chi connectivity index (χ1v) is 10.00. The highest BCUT2D eigenvalue weighted by Crippen LogP contribution is 2.31. The lowest BCUT2D eigenvalue weighted by atomic mass is 9.98. The second kappa shape index (κ2) is 8.58. The molecule has 0 radical (unpaired) electrons. The normalized spacial score (nSPS) is 16.9. The van der Waals surface area contributed by atoms with Gasteiger partial charge in [-0.15, -0.1) is 0 Å². The number of likely N-dealkylation sites (tertiary alicyclic amines) is 1. The van der Waals surface area contributed by atoms with Gasteiger partial charge in [0.25, 0.3) is 0 Å². The van der Waals surface area contributed by atoms with E-state index < -0.39 is 11.7 Å². The second-order valence-electron chi connectivity index (χ2n) is 7.26. The number of halogens is 4. The lowest BCUT2D eigenvalue weighted by molar-refractivity contribution is -0.137. The first-order chi connectivity index (χ1) is 14.8. The highest BCUT2D eigenvalue weighted by Gasteiger charge is 2.31. The minimum Gasteiger partial charge on any atom is -0.339 e. The number of alkyl halides is 3. The molecule has 1 unspecified atom stereocenters. The molecule has 1 aromatic heterocycles. The van der Waals surface area contributed by atoms with E-state index in [2.05, 4.69) is 15.5 Å². The van der Waals surface area contributed by atoms with Gasteiger partial charge in [0.15, 0.2) is 0 Å². The molecule has 6 nitrogen and oxygen atoms in total. The fraction of sp³-hybridized carbons (Fsp3) is 0.286. The van der Waals surface area contributed by atoms with E-state index in [1.807, 2.05) is 6.07 Å². The number of piperidine rings is 1. The number of nitrogens with zero attached hydrogens (tertiary/aromatic N) is 3. The molecular weight excluding hydrogens is 433 g/mol. The summed E-state index contributed by atoms with van der Waals surface area (Å²) in [6.45, 7) is 0.891. The lowest BCUT2D eigenvalue weighted by Crippen LogP contribution is -2.41. The Morgan fingerprint density at radius 2 is 1.97 bits per heavy atom. The maximum atomic E-state index is 12.7. The van der Waals surface area contributed by atoms with Crippen molar-refractivity contribution in [2.45, 2.75) is 24.9 Å². The molecule has 0 bridgehead atoms. The quantitative estimate of drug-likeness (QED) is 0.545. The Balaban J connectivity index is 1.41. The zero-order valence-corrected chi connectivity index (χ0v) is 17.0. The topological polar surface area (TPSA) is 71.3 Å². The monoisotopic (exact) mass is 450 g/mol. The van der Waals surface area contributed by atoms with Gasteiger partial charge >= 0.3 is 12.2 Å². The van der Waals surface area contributed by atoms with Gasteiger partial charge in [-0.2, -0.15) is 18.2 Å². The average molecular weight is 451 g/mol. The van der Waals surface area contributed by atoms with Crippen molar-refractivity contribution in [2.75, 3.05) is 18.4 Å². The fourth-order valence-corrected chi connectivity index (χ4v) is 3.64. The highest BCUT2D eigenvalue weighted by molar-refractivity contribution is 6.30. The zero-order chi connectivity index (χ0) is 22.0. The van der Waals surface area contributed by atoms with Crippen LogP contribution < -0.4 is 5.32 Å². The Labute approximate surface area is 181 Å². The Kier molecular flexibility index (Phi) is 5.86. The maximum Gasteiger partial charge on any atom is 0.416 e. The number of nitrogens with one attached hydrogen (secondary N) is 1. The Morgan fingerprint density at radius 1 is 1.19 bits per heavy atom. The molecule has 10 heteroatoms. The molecule has 4 rings (SSSR count). The molecule has 2 heterocycles. The summed E-state index contributed by atoms with van der Waals surface area (Å²) >= 11 is 6.01. The minimum atomic E-state index is -4.42. The van der Waals surface area contributed by atoms with Crippen LogP contribution in [-0.4, -0.2) is 34.2 Å². The Bertz CT molecular complexity index is 1070. The summed E-state index contributed by atoms with van der Waals surface area (Å²) in [6.07, 6.45) is -2.90. The lowest BCUT2D eigenvalue weighted by Gasteiger charge is -2.31. The third-order valence-electron chi connectivity index (χ3n) is 5.05. The summed E-state index contributed by atoms with van der Waals surface area (Å²) in [7, 11) is 0. The molecule has 0 aliphatic carbocycles. The summed E-state index contributed by atoms with van der Waals surface area (Å²) in [4.78, 5) is 18.6. The molecule has 0 spiro atoms. The number of rotatable bonds is 3. The van der Waals surface area contributed by atoms with E-state index in [9.17, 15) is 18.0 Å². The van der Waals surface area contributed by atoms with Crippen LogP contribution in [0, 0.1) is 0 Å². The van der Waals surface area contributed by atoms with Gasteiger partial charge in [0.2, 0.25) is 11.7 Å². The molecule has 1 aliphatic heterocycles. The van der Waals surface area contributed by atoms with Crippen LogP contribution in [0.2, 0.25) is 5.02 Å². The molecule has 1 saturated heterocycles. The van der Waals surface area contributed by atoms with Gasteiger partial charge < -0.3 is 14.7 Å². The van der Waals surface area contributed by atoms with Crippen LogP contribution in [0.5, 0.6) is 0 Å². The van der Waals surface area contributed by atoms with E-state index in [4.69, 9.17) is 16.1 Å². The van der Waals surface area contributed by atoms with Crippen LogP contribution in [0.1, 0.15) is 30.2 Å². The van der Waals surface area contributed by atoms with Crippen LogP contribution >= 0.6 is 11.6 Å². The summed E-state index contributed by atoms with van der Waals surface area (Å²) < 4.78 is 43.5. The minimum absolute atomic E-state index is 0.132. The molecule has 1 N–H and O–H groups in total. The number of aromatic nitrogens is 2. The van der Waals surface area contributed by atoms with Crippen molar-refractivity contribution in [3.05, 3.63) is 65.0 Å². The van der Waals surface area contributed by atoms with E-state index in [1.165, 1.54) is 12.1 Å². The van der Waals surface area contributed by atoms with Crippen LogP contribution in [0.3, 0.4) is 0 Å². The molecule has 1 fully saturated rings. The third kappa shape index (κ3) is 4.99. The van der Waals surface area contributed by atoms with Gasteiger partial charge in [0, 0.05) is 29.4 Å². The number of hydrogen-bond donors (Lipinski definition) is 1. The Morgan fingerprint density at radius 3 is 2.68 bits per heavy atom. The van der Waals surface area contributed by atoms with Crippen molar-refractivity contribution >= 4 is 23.3 Å². The fourth-order valence-electron chi connectivity index (χ4n) is 3.45. The molecule has 2 amide bonds. The van der Waals surface area contributed by atoms with E-state index in [0.29, 0.717) is 35.5 Å². The van der Waals surface area contributed by atoms with Gasteiger partial charge in [-0.05, 0) is 49.2 Å². The van der Waals surface area contributed by atoms with E-state index in [0.717, 1.165) is 30.5 Å². The number of anilines is 1. The third-order valence-corrected chi connectivity index (χ3v) is 5.28. The van der Waals surface area contributed by atoms with Crippen molar-refractivity contribution in [3.63, 3.8) is 0 Å². The SMILES string of the molecule is O=C(Nc1ccc(C(F)(F)F)cc1)N1CCCC(c2nc(-c3cccc(Cl)c3)no2)C1. The van der Waals surface area contributed by atoms with Crippen molar-refractivity contribution in [2.24, 2.45) is 0 Å². The van der Waals surface area contributed by atoms with Gasteiger partial charge in [-0.3, -0.25) is 0 Å². The molecule has 0 saturated carbocycles. The zero-order valence-electron chi connectivity index (χ0n) is 16.2. The summed E-state index contributed by atoms with van der Waals surface area (Å²) in [5.74, 6) is 0.721. The first-order valence-electron chi connectivity index (χ1n) is 9.62. The number of carbonyl (C=O) groups is 1. The van der Waals surface area contributed by atoms with Crippen molar-refractivity contribution < 1.29 is 22.5 Å².